The number of nitrogens with one attached hydrogen (secondary N) is 1. The summed E-state index contributed by atoms with van der Waals surface area (Å²) in [6.45, 7) is 0. The van der Waals surface area contributed by atoms with Crippen LogP contribution in [-0.2, 0) is 26.3 Å². The fraction of sp³-hybridized carbons (Fsp3) is 0.333. The predicted molar refractivity (Wildman–Crippen MR) is 134 cm³/mol. The Balaban J connectivity index is 0.00000361. The van der Waals surface area contributed by atoms with Gasteiger partial charge in [0.25, 0.3) is 11.8 Å². The normalized spacial score (nSPS) is 19.2. The molecule has 0 spiro atoms. The van der Waals surface area contributed by atoms with Gasteiger partial charge in [0.05, 0.1) is 5.02 Å². The number of nitrogens with zero attached hydrogens (tertiary/aromatic N) is 7. The zero-order valence-electron chi connectivity index (χ0n) is 18.6. The summed E-state index contributed by atoms with van der Waals surface area (Å²) in [6.07, 6.45) is 0. The number of aryl methyl sites for hydroxylation is 1. The van der Waals surface area contributed by atoms with Gasteiger partial charge in [-0.3, -0.25) is 14.5 Å². The lowest BCUT2D eigenvalue weighted by molar-refractivity contribution is -0.150. The highest BCUT2D eigenvalue weighted by Crippen LogP contribution is 2.41. The number of rotatable bonds is 8. The molecule has 2 amide bonds. The van der Waals surface area contributed by atoms with Crippen LogP contribution in [-0.4, -0.2) is 88.7 Å². The van der Waals surface area contributed by atoms with E-state index in [0.717, 1.165) is 0 Å². The SMILES string of the molecule is CO/N=C(\C(=O)NC1C(=O)N2C(C(=O)O)=C(CSc3nnnn3C)CS[C@H]12)c1nc(N)ccc1Cl.Cl. The van der Waals surface area contributed by atoms with Crippen molar-refractivity contribution in [2.45, 2.75) is 16.6 Å². The number of carbonyl (C=O) groups is 3. The van der Waals surface area contributed by atoms with E-state index in [1.54, 1.807) is 7.05 Å². The van der Waals surface area contributed by atoms with E-state index in [1.807, 2.05) is 0 Å². The number of anilines is 1. The molecule has 1 unspecified atom stereocenters. The highest BCUT2D eigenvalue weighted by Gasteiger charge is 2.54. The van der Waals surface area contributed by atoms with E-state index in [9.17, 15) is 19.5 Å². The number of nitrogen functional groups attached to an aromatic ring is 1. The van der Waals surface area contributed by atoms with Crippen molar-refractivity contribution in [2.24, 2.45) is 12.2 Å². The summed E-state index contributed by atoms with van der Waals surface area (Å²) in [7, 11) is 2.90. The van der Waals surface area contributed by atoms with Crippen LogP contribution in [0, 0.1) is 0 Å². The van der Waals surface area contributed by atoms with Crippen LogP contribution in [0.2, 0.25) is 5.02 Å². The second-order valence-electron chi connectivity index (χ2n) is 7.18. The summed E-state index contributed by atoms with van der Waals surface area (Å²) in [5, 5.41) is 27.2. The molecule has 36 heavy (non-hydrogen) atoms. The molecule has 2 aromatic rings. The number of hydrogen-bond donors (Lipinski definition) is 3. The number of aromatic nitrogens is 5. The van der Waals surface area contributed by atoms with E-state index in [0.29, 0.717) is 16.5 Å². The van der Waals surface area contributed by atoms with Crippen LogP contribution in [0.5, 0.6) is 0 Å². The van der Waals surface area contributed by atoms with Gasteiger partial charge in [-0.1, -0.05) is 28.5 Å². The van der Waals surface area contributed by atoms with E-state index in [2.05, 4.69) is 31.0 Å². The van der Waals surface area contributed by atoms with Crippen LogP contribution >= 0.6 is 47.5 Å². The Morgan fingerprint density at radius 1 is 1.44 bits per heavy atom. The Labute approximate surface area is 223 Å². The Kier molecular flexibility index (Phi) is 8.65. The Bertz CT molecular complexity index is 1270. The molecule has 0 bridgehead atoms. The van der Waals surface area contributed by atoms with E-state index >= 15 is 0 Å². The number of oxime groups is 1. The largest absolute Gasteiger partial charge is 0.477 e. The number of nitrogens with two attached hydrogens (primary N) is 1. The van der Waals surface area contributed by atoms with E-state index < -0.39 is 29.2 Å². The monoisotopic (exact) mass is 575 g/mol. The number of amides is 2. The van der Waals surface area contributed by atoms with Crippen LogP contribution in [0.25, 0.3) is 0 Å². The van der Waals surface area contributed by atoms with Crippen molar-refractivity contribution < 1.29 is 24.3 Å². The van der Waals surface area contributed by atoms with Gasteiger partial charge >= 0.3 is 5.97 Å². The fourth-order valence-corrected chi connectivity index (χ4v) is 5.94. The summed E-state index contributed by atoms with van der Waals surface area (Å²) >= 11 is 8.72. The van der Waals surface area contributed by atoms with Crippen molar-refractivity contribution in [3.63, 3.8) is 0 Å². The Hall–Kier alpha value is -3.08. The molecule has 0 aliphatic carbocycles. The van der Waals surface area contributed by atoms with Gasteiger partial charge < -0.3 is 21.0 Å². The van der Waals surface area contributed by atoms with Gasteiger partial charge in [-0.15, -0.1) is 29.3 Å². The fourth-order valence-electron chi connectivity index (χ4n) is 3.41. The van der Waals surface area contributed by atoms with Crippen LogP contribution in [0.1, 0.15) is 5.69 Å². The average Bonchev–Trinajstić information content (AvgIpc) is 3.24. The molecule has 0 radical (unpaired) electrons. The molecule has 2 aliphatic heterocycles. The lowest BCUT2D eigenvalue weighted by Gasteiger charge is -2.49. The number of β-lactam (4-membered cyclic amide) rings is 1. The van der Waals surface area contributed by atoms with Gasteiger partial charge in [0.2, 0.25) is 5.16 Å². The van der Waals surface area contributed by atoms with Crippen LogP contribution in [0.15, 0.2) is 33.7 Å². The summed E-state index contributed by atoms with van der Waals surface area (Å²) in [5.41, 5.74) is 5.83. The molecule has 4 rings (SSSR count). The molecule has 192 valence electrons. The molecular formula is C18H19Cl2N9O5S2. The molecule has 2 aliphatic rings. The number of thioether (sulfide) groups is 2. The standard InChI is InChI=1S/C18H18ClN9O5S2.ClH/c1-27-18(23-25-26-27)35-6-7-5-34-16-12(15(30)28(16)13(7)17(31)32)22-14(29)11(24-33-2)10-8(19)3-4-9(20)21-10;/h3-4,12,16H,5-6H2,1-2H3,(H2,20,21)(H,22,29)(H,31,32);1H/b24-11-;/t12?,16-;/m1./s1. The Morgan fingerprint density at radius 3 is 2.83 bits per heavy atom. The second kappa shape index (κ2) is 11.3. The Morgan fingerprint density at radius 2 is 2.19 bits per heavy atom. The first-order chi connectivity index (χ1) is 16.7. The lowest BCUT2D eigenvalue weighted by atomic mass is 10.0. The van der Waals surface area contributed by atoms with E-state index in [4.69, 9.17) is 22.2 Å². The molecule has 1 saturated heterocycles. The van der Waals surface area contributed by atoms with Crippen LogP contribution < -0.4 is 11.1 Å². The average molecular weight is 576 g/mol. The molecule has 1 fully saturated rings. The number of tetrazole rings is 1. The minimum absolute atomic E-state index is 0. The molecule has 4 N–H and O–H groups in total. The van der Waals surface area contributed by atoms with E-state index in [1.165, 1.54) is 52.3 Å². The molecule has 18 heteroatoms. The van der Waals surface area contributed by atoms with Gasteiger partial charge in [-0.25, -0.2) is 14.5 Å². The minimum atomic E-state index is -1.24. The molecule has 4 heterocycles. The number of carbonyl (C=O) groups excluding carboxylic acids is 2. The third-order valence-electron chi connectivity index (χ3n) is 4.98. The number of hydrogen-bond acceptors (Lipinski definition) is 12. The number of fused-ring (bicyclic) bond motifs is 1. The first-order valence-corrected chi connectivity index (χ1v) is 12.2. The number of pyridine rings is 1. The quantitative estimate of drug-likeness (QED) is 0.167. The van der Waals surface area contributed by atoms with Crippen molar-refractivity contribution in [3.05, 3.63) is 34.1 Å². The first-order valence-electron chi connectivity index (χ1n) is 9.82. The predicted octanol–water partition coefficient (Wildman–Crippen LogP) is 0.144. The molecule has 14 nitrogen and oxygen atoms in total. The summed E-state index contributed by atoms with van der Waals surface area (Å²) in [6, 6.07) is 1.92. The van der Waals surface area contributed by atoms with Crippen molar-refractivity contribution in [2.75, 3.05) is 24.3 Å². The maximum absolute atomic E-state index is 13.0. The van der Waals surface area contributed by atoms with Gasteiger partial charge in [0.1, 0.15) is 35.7 Å². The molecule has 0 aromatic carbocycles. The molecule has 2 aromatic heterocycles. The van der Waals surface area contributed by atoms with Gasteiger partial charge in [0, 0.05) is 18.6 Å². The minimum Gasteiger partial charge on any atom is -0.477 e. The van der Waals surface area contributed by atoms with Crippen molar-refractivity contribution in [1.82, 2.24) is 35.4 Å². The summed E-state index contributed by atoms with van der Waals surface area (Å²) in [5.74, 6) is -1.87. The third kappa shape index (κ3) is 5.21. The third-order valence-corrected chi connectivity index (χ3v) is 7.72. The number of carboxylic acids is 1. The van der Waals surface area contributed by atoms with Crippen molar-refractivity contribution in [1.29, 1.82) is 0 Å². The summed E-state index contributed by atoms with van der Waals surface area (Å²) < 4.78 is 1.46. The van der Waals surface area contributed by atoms with Crippen LogP contribution in [0.4, 0.5) is 5.82 Å². The lowest BCUT2D eigenvalue weighted by Crippen LogP contribution is -2.71. The molecule has 2 atom stereocenters. The smallest absolute Gasteiger partial charge is 0.352 e. The van der Waals surface area contributed by atoms with Crippen molar-refractivity contribution >= 4 is 76.8 Å². The van der Waals surface area contributed by atoms with Gasteiger partial charge in [-0.05, 0) is 28.1 Å². The highest BCUT2D eigenvalue weighted by atomic mass is 35.5. The van der Waals surface area contributed by atoms with Gasteiger partial charge in [0.15, 0.2) is 5.71 Å². The zero-order chi connectivity index (χ0) is 25.3. The molecule has 0 saturated carbocycles. The highest BCUT2D eigenvalue weighted by molar-refractivity contribution is 8.01. The number of halogens is 2. The second-order valence-corrected chi connectivity index (χ2v) is 9.64. The maximum Gasteiger partial charge on any atom is 0.352 e. The first kappa shape index (κ1) is 27.5. The topological polar surface area (TPSA) is 191 Å². The molecular weight excluding hydrogens is 557 g/mol. The van der Waals surface area contributed by atoms with E-state index in [-0.39, 0.29) is 46.1 Å². The zero-order valence-corrected chi connectivity index (χ0v) is 21.8. The van der Waals surface area contributed by atoms with Gasteiger partial charge in [-0.2, -0.15) is 0 Å². The number of carboxylic acid groups (broad SMARTS) is 1. The van der Waals surface area contributed by atoms with Crippen LogP contribution in [0.3, 0.4) is 0 Å². The summed E-state index contributed by atoms with van der Waals surface area (Å²) in [4.78, 5) is 47.9. The number of aliphatic carboxylic acids is 1. The van der Waals surface area contributed by atoms with Crippen molar-refractivity contribution in [3.8, 4) is 0 Å². The maximum atomic E-state index is 13.0.